The Kier molecular flexibility index (Phi) is 5.22. The molecule has 1 aromatic carbocycles. The zero-order chi connectivity index (χ0) is 15.5. The van der Waals surface area contributed by atoms with Crippen molar-refractivity contribution in [2.45, 2.75) is 43.6 Å². The summed E-state index contributed by atoms with van der Waals surface area (Å²) in [7, 11) is -1.24. The Morgan fingerprint density at radius 2 is 2.14 bits per heavy atom. The van der Waals surface area contributed by atoms with Gasteiger partial charge in [-0.15, -0.1) is 0 Å². The third kappa shape index (κ3) is 4.41. The highest BCUT2D eigenvalue weighted by atomic mass is 32.2. The second kappa shape index (κ2) is 6.75. The monoisotopic (exact) mass is 315 g/mol. The Balaban J connectivity index is 2.11. The number of benzene rings is 1. The van der Waals surface area contributed by atoms with Crippen LogP contribution in [-0.4, -0.2) is 33.1 Å². The number of hydrogen-bond acceptors (Lipinski definition) is 4. The van der Waals surface area contributed by atoms with Gasteiger partial charge in [-0.3, -0.25) is 0 Å². The summed E-state index contributed by atoms with van der Waals surface area (Å²) in [4.78, 5) is 0. The van der Waals surface area contributed by atoms with Crippen molar-refractivity contribution in [2.24, 2.45) is 0 Å². The first-order valence-electron chi connectivity index (χ1n) is 7.18. The Hall–Kier alpha value is -1.14. The number of hydrogen-bond donors (Lipinski definition) is 1. The normalized spacial score (nSPS) is 23.0. The topological polar surface area (TPSA) is 55.4 Å². The van der Waals surface area contributed by atoms with Gasteiger partial charge >= 0.3 is 0 Å². The van der Waals surface area contributed by atoms with E-state index in [-0.39, 0.29) is 17.2 Å². The summed E-state index contributed by atoms with van der Waals surface area (Å²) in [5.41, 5.74) is 0.749. The molecule has 0 heterocycles. The van der Waals surface area contributed by atoms with Crippen LogP contribution in [0, 0.1) is 5.82 Å². The van der Waals surface area contributed by atoms with E-state index in [9.17, 15) is 12.8 Å². The Morgan fingerprint density at radius 1 is 1.38 bits per heavy atom. The van der Waals surface area contributed by atoms with Gasteiger partial charge in [-0.25, -0.2) is 12.8 Å². The van der Waals surface area contributed by atoms with Crippen molar-refractivity contribution in [3.05, 3.63) is 29.6 Å². The number of sulfone groups is 1. The quantitative estimate of drug-likeness (QED) is 0.906. The molecule has 1 saturated carbocycles. The molecule has 118 valence electrons. The molecular formula is C15H22FNO3S. The summed E-state index contributed by atoms with van der Waals surface area (Å²) in [5, 5.41) is 2.65. The van der Waals surface area contributed by atoms with E-state index in [1.165, 1.54) is 18.4 Å². The van der Waals surface area contributed by atoms with Crippen molar-refractivity contribution in [2.75, 3.05) is 13.3 Å². The SMILES string of the molecule is CNCc1cc(F)ccc1OC1CCCC(S(C)(=O)=O)C1. The molecule has 2 rings (SSSR count). The minimum Gasteiger partial charge on any atom is -0.490 e. The third-order valence-corrected chi connectivity index (χ3v) is 5.51. The summed E-state index contributed by atoms with van der Waals surface area (Å²) in [5.74, 6) is 0.329. The molecule has 21 heavy (non-hydrogen) atoms. The van der Waals surface area contributed by atoms with Gasteiger partial charge in [0.05, 0.1) is 11.4 Å². The van der Waals surface area contributed by atoms with Crippen molar-refractivity contribution in [3.8, 4) is 5.75 Å². The largest absolute Gasteiger partial charge is 0.490 e. The highest BCUT2D eigenvalue weighted by Crippen LogP contribution is 2.29. The van der Waals surface area contributed by atoms with Crippen LogP contribution in [0.2, 0.25) is 0 Å². The van der Waals surface area contributed by atoms with E-state index >= 15 is 0 Å². The van der Waals surface area contributed by atoms with Gasteiger partial charge in [-0.1, -0.05) is 0 Å². The first-order chi connectivity index (χ1) is 9.90. The molecule has 2 atom stereocenters. The molecule has 0 saturated heterocycles. The fourth-order valence-electron chi connectivity index (χ4n) is 2.77. The first kappa shape index (κ1) is 16.2. The molecule has 1 aliphatic rings. The van der Waals surface area contributed by atoms with E-state index in [2.05, 4.69) is 5.32 Å². The lowest BCUT2D eigenvalue weighted by Crippen LogP contribution is -2.33. The van der Waals surface area contributed by atoms with Gasteiger partial charge in [0, 0.05) is 24.8 Å². The predicted molar refractivity (Wildman–Crippen MR) is 80.7 cm³/mol. The first-order valence-corrected chi connectivity index (χ1v) is 9.14. The average molecular weight is 315 g/mol. The Morgan fingerprint density at radius 3 is 2.81 bits per heavy atom. The van der Waals surface area contributed by atoms with E-state index in [4.69, 9.17) is 4.74 Å². The predicted octanol–water partition coefficient (Wildman–Crippen LogP) is 2.28. The molecule has 6 heteroatoms. The van der Waals surface area contributed by atoms with Gasteiger partial charge in [0.25, 0.3) is 0 Å². The molecule has 1 aromatic rings. The lowest BCUT2D eigenvalue weighted by atomic mass is 9.97. The van der Waals surface area contributed by atoms with Crippen LogP contribution in [-0.2, 0) is 16.4 Å². The summed E-state index contributed by atoms with van der Waals surface area (Å²) in [6.45, 7) is 0.509. The minimum atomic E-state index is -3.03. The van der Waals surface area contributed by atoms with Gasteiger partial charge in [0.2, 0.25) is 0 Å². The molecule has 4 nitrogen and oxygen atoms in total. The highest BCUT2D eigenvalue weighted by molar-refractivity contribution is 7.91. The zero-order valence-corrected chi connectivity index (χ0v) is 13.2. The second-order valence-corrected chi connectivity index (χ2v) is 7.97. The lowest BCUT2D eigenvalue weighted by Gasteiger charge is -2.29. The summed E-state index contributed by atoms with van der Waals surface area (Å²) >= 11 is 0. The molecule has 0 aliphatic heterocycles. The average Bonchev–Trinajstić information content (AvgIpc) is 2.42. The maximum Gasteiger partial charge on any atom is 0.150 e. The van der Waals surface area contributed by atoms with Gasteiger partial charge in [-0.2, -0.15) is 0 Å². The zero-order valence-electron chi connectivity index (χ0n) is 12.4. The van der Waals surface area contributed by atoms with Crippen LogP contribution in [0.4, 0.5) is 4.39 Å². The maximum absolute atomic E-state index is 13.3. The van der Waals surface area contributed by atoms with Gasteiger partial charge in [-0.05, 0) is 44.5 Å². The molecule has 2 unspecified atom stereocenters. The molecular weight excluding hydrogens is 293 g/mol. The van der Waals surface area contributed by atoms with Crippen LogP contribution in [0.3, 0.4) is 0 Å². The number of ether oxygens (including phenoxy) is 1. The minimum absolute atomic E-state index is 0.125. The number of nitrogens with one attached hydrogen (secondary N) is 1. The lowest BCUT2D eigenvalue weighted by molar-refractivity contribution is 0.154. The second-order valence-electron chi connectivity index (χ2n) is 5.64. The van der Waals surface area contributed by atoms with E-state index in [0.29, 0.717) is 25.1 Å². The van der Waals surface area contributed by atoms with E-state index < -0.39 is 9.84 Å². The third-order valence-electron chi connectivity index (χ3n) is 3.87. The van der Waals surface area contributed by atoms with Crippen molar-refractivity contribution in [1.29, 1.82) is 0 Å². The molecule has 1 N–H and O–H groups in total. The molecule has 0 radical (unpaired) electrons. The van der Waals surface area contributed by atoms with Crippen LogP contribution in [0.15, 0.2) is 18.2 Å². The summed E-state index contributed by atoms with van der Waals surface area (Å²) in [6, 6.07) is 4.43. The molecule has 1 fully saturated rings. The van der Waals surface area contributed by atoms with Gasteiger partial charge in [0.15, 0.2) is 0 Å². The standard InChI is InChI=1S/C15H22FNO3S/c1-17-10-11-8-12(16)6-7-15(11)20-13-4-3-5-14(9-13)21(2,18)19/h6-8,13-14,17H,3-5,9-10H2,1-2H3. The van der Waals surface area contributed by atoms with Crippen molar-refractivity contribution < 1.29 is 17.5 Å². The molecule has 1 aliphatic carbocycles. The number of rotatable bonds is 5. The summed E-state index contributed by atoms with van der Waals surface area (Å²) < 4.78 is 42.6. The van der Waals surface area contributed by atoms with Crippen molar-refractivity contribution >= 4 is 9.84 Å². The molecule has 0 bridgehead atoms. The van der Waals surface area contributed by atoms with E-state index in [1.54, 1.807) is 13.1 Å². The highest BCUT2D eigenvalue weighted by Gasteiger charge is 2.30. The number of halogens is 1. The van der Waals surface area contributed by atoms with Crippen LogP contribution in [0.25, 0.3) is 0 Å². The van der Waals surface area contributed by atoms with Gasteiger partial charge in [0.1, 0.15) is 21.4 Å². The van der Waals surface area contributed by atoms with Crippen LogP contribution in [0.1, 0.15) is 31.2 Å². The fraction of sp³-hybridized carbons (Fsp3) is 0.600. The fourth-order valence-corrected chi connectivity index (χ4v) is 3.93. The molecule has 0 aromatic heterocycles. The van der Waals surface area contributed by atoms with E-state index in [0.717, 1.165) is 18.4 Å². The molecule has 0 spiro atoms. The summed E-state index contributed by atoms with van der Waals surface area (Å²) in [6.07, 6.45) is 4.04. The van der Waals surface area contributed by atoms with Crippen LogP contribution < -0.4 is 10.1 Å². The van der Waals surface area contributed by atoms with Crippen LogP contribution in [0.5, 0.6) is 5.75 Å². The maximum atomic E-state index is 13.3. The van der Waals surface area contributed by atoms with E-state index in [1.807, 2.05) is 0 Å². The van der Waals surface area contributed by atoms with Gasteiger partial charge < -0.3 is 10.1 Å². The molecule has 0 amide bonds. The van der Waals surface area contributed by atoms with Crippen molar-refractivity contribution in [3.63, 3.8) is 0 Å². The Labute approximate surface area is 125 Å². The van der Waals surface area contributed by atoms with Crippen molar-refractivity contribution in [1.82, 2.24) is 5.32 Å². The Bertz CT molecular complexity index is 589. The smallest absolute Gasteiger partial charge is 0.150 e. The van der Waals surface area contributed by atoms with Crippen LogP contribution >= 0.6 is 0 Å².